The van der Waals surface area contributed by atoms with Crippen LogP contribution in [0.1, 0.15) is 28.3 Å². The Morgan fingerprint density at radius 1 is 0.767 bits per heavy atom. The summed E-state index contributed by atoms with van der Waals surface area (Å²) in [4.78, 5) is 2.59. The third-order valence-electron chi connectivity index (χ3n) is 6.62. The first-order valence-electron chi connectivity index (χ1n) is 10.3. The van der Waals surface area contributed by atoms with Gasteiger partial charge in [0.15, 0.2) is 23.0 Å². The van der Waals surface area contributed by atoms with Crippen LogP contribution < -0.4 is 18.9 Å². The number of benzene rings is 3. The van der Waals surface area contributed by atoms with Crippen LogP contribution in [0.15, 0.2) is 36.4 Å². The van der Waals surface area contributed by atoms with Crippen LogP contribution in [0, 0.1) is 0 Å². The molecule has 0 fully saturated rings. The van der Waals surface area contributed by atoms with Gasteiger partial charge in [0.05, 0.1) is 28.4 Å². The van der Waals surface area contributed by atoms with Crippen molar-refractivity contribution in [2.24, 2.45) is 0 Å². The SMILES string of the molecule is COc1cc2c(cc1OC)C1Cc3ccc4cc(OC)c(OC)cc4c3CN1CC2. The van der Waals surface area contributed by atoms with Gasteiger partial charge in [0.25, 0.3) is 0 Å². The van der Waals surface area contributed by atoms with Gasteiger partial charge < -0.3 is 18.9 Å². The molecule has 0 saturated carbocycles. The van der Waals surface area contributed by atoms with Crippen molar-refractivity contribution >= 4 is 10.8 Å². The second-order valence-corrected chi connectivity index (χ2v) is 7.98. The van der Waals surface area contributed by atoms with Crippen molar-refractivity contribution in [2.75, 3.05) is 35.0 Å². The maximum absolute atomic E-state index is 5.59. The minimum Gasteiger partial charge on any atom is -0.493 e. The Hall–Kier alpha value is -2.92. The van der Waals surface area contributed by atoms with E-state index in [2.05, 4.69) is 41.3 Å². The maximum atomic E-state index is 5.59. The summed E-state index contributed by atoms with van der Waals surface area (Å²) in [5.74, 6) is 3.17. The fourth-order valence-corrected chi connectivity index (χ4v) is 5.06. The van der Waals surface area contributed by atoms with Gasteiger partial charge in [-0.25, -0.2) is 0 Å². The van der Waals surface area contributed by atoms with Crippen LogP contribution in [0.4, 0.5) is 0 Å². The van der Waals surface area contributed by atoms with E-state index in [1.165, 1.54) is 33.0 Å². The van der Waals surface area contributed by atoms with Gasteiger partial charge in [-0.3, -0.25) is 4.90 Å². The van der Waals surface area contributed by atoms with Gasteiger partial charge in [-0.1, -0.05) is 12.1 Å². The lowest BCUT2D eigenvalue weighted by Gasteiger charge is -2.42. The third-order valence-corrected chi connectivity index (χ3v) is 6.62. The Balaban J connectivity index is 1.60. The van der Waals surface area contributed by atoms with E-state index in [0.717, 1.165) is 48.9 Å². The monoisotopic (exact) mass is 405 g/mol. The molecule has 0 aliphatic carbocycles. The van der Waals surface area contributed by atoms with Gasteiger partial charge in [-0.15, -0.1) is 0 Å². The molecule has 30 heavy (non-hydrogen) atoms. The van der Waals surface area contributed by atoms with Crippen molar-refractivity contribution in [3.63, 3.8) is 0 Å². The van der Waals surface area contributed by atoms with Gasteiger partial charge in [-0.05, 0) is 70.1 Å². The zero-order valence-electron chi connectivity index (χ0n) is 18.0. The van der Waals surface area contributed by atoms with E-state index in [-0.39, 0.29) is 0 Å². The van der Waals surface area contributed by atoms with Crippen LogP contribution in [0.25, 0.3) is 10.8 Å². The summed E-state index contributed by atoms with van der Waals surface area (Å²) >= 11 is 0. The Bertz CT molecular complexity index is 1120. The largest absolute Gasteiger partial charge is 0.493 e. The molecule has 0 amide bonds. The molecule has 3 aromatic carbocycles. The number of ether oxygens (including phenoxy) is 4. The normalized spacial score (nSPS) is 17.7. The number of fused-ring (bicyclic) bond motifs is 6. The smallest absolute Gasteiger partial charge is 0.161 e. The molecule has 2 aliphatic heterocycles. The zero-order chi connectivity index (χ0) is 20.8. The lowest BCUT2D eigenvalue weighted by molar-refractivity contribution is 0.161. The minimum absolute atomic E-state index is 0.360. The van der Waals surface area contributed by atoms with Crippen molar-refractivity contribution in [3.05, 3.63) is 58.7 Å². The molecule has 1 atom stereocenters. The molecule has 2 aliphatic rings. The number of hydrogen-bond donors (Lipinski definition) is 0. The van der Waals surface area contributed by atoms with Crippen molar-refractivity contribution in [2.45, 2.75) is 25.4 Å². The Morgan fingerprint density at radius 3 is 2.17 bits per heavy atom. The highest BCUT2D eigenvalue weighted by Gasteiger charge is 2.33. The first-order chi connectivity index (χ1) is 14.7. The van der Waals surface area contributed by atoms with Gasteiger partial charge in [0.1, 0.15) is 0 Å². The standard InChI is InChI=1S/C25H27NO4/c1-27-22-10-16-6-5-15-9-21-19-13-25(30-4)23(28-2)11-17(19)7-8-26(21)14-20(15)18(16)12-24(22)29-3/h5-6,10-13,21H,7-9,14H2,1-4H3. The molecule has 3 aromatic rings. The number of rotatable bonds is 4. The predicted octanol–water partition coefficient (Wildman–Crippen LogP) is 4.53. The first kappa shape index (κ1) is 19.1. The van der Waals surface area contributed by atoms with Crippen LogP contribution in [0.2, 0.25) is 0 Å². The highest BCUT2D eigenvalue weighted by Crippen LogP contribution is 2.44. The summed E-state index contributed by atoms with van der Waals surface area (Å²) in [6.45, 7) is 1.97. The molecule has 0 radical (unpaired) electrons. The highest BCUT2D eigenvalue weighted by molar-refractivity contribution is 5.90. The average Bonchev–Trinajstić information content (AvgIpc) is 2.80. The molecular formula is C25H27NO4. The molecule has 5 heteroatoms. The minimum atomic E-state index is 0.360. The fourth-order valence-electron chi connectivity index (χ4n) is 5.06. The Kier molecular flexibility index (Phi) is 4.70. The summed E-state index contributed by atoms with van der Waals surface area (Å²) in [6.07, 6.45) is 2.01. The molecule has 0 N–H and O–H groups in total. The molecule has 5 nitrogen and oxygen atoms in total. The lowest BCUT2D eigenvalue weighted by Crippen LogP contribution is -2.39. The number of hydrogen-bond acceptors (Lipinski definition) is 5. The second kappa shape index (κ2) is 7.40. The molecule has 2 heterocycles. The third kappa shape index (κ3) is 2.88. The molecule has 1 unspecified atom stereocenters. The van der Waals surface area contributed by atoms with E-state index in [1.807, 2.05) is 0 Å². The molecule has 0 aromatic heterocycles. The van der Waals surface area contributed by atoms with Crippen molar-refractivity contribution < 1.29 is 18.9 Å². The molecule has 0 spiro atoms. The number of nitrogens with zero attached hydrogens (tertiary/aromatic N) is 1. The summed E-state index contributed by atoms with van der Waals surface area (Å²) in [5.41, 5.74) is 5.52. The molecule has 156 valence electrons. The lowest BCUT2D eigenvalue weighted by atomic mass is 9.82. The summed E-state index contributed by atoms with van der Waals surface area (Å²) in [6, 6.07) is 13.4. The summed E-state index contributed by atoms with van der Waals surface area (Å²) in [7, 11) is 6.78. The topological polar surface area (TPSA) is 40.2 Å². The maximum Gasteiger partial charge on any atom is 0.161 e. The van der Waals surface area contributed by atoms with Gasteiger partial charge in [-0.2, -0.15) is 0 Å². The molecular weight excluding hydrogens is 378 g/mol. The summed E-state index contributed by atoms with van der Waals surface area (Å²) in [5, 5.41) is 2.44. The van der Waals surface area contributed by atoms with Crippen molar-refractivity contribution in [1.82, 2.24) is 4.90 Å². The van der Waals surface area contributed by atoms with Gasteiger partial charge in [0, 0.05) is 19.1 Å². The Labute approximate surface area is 177 Å². The zero-order valence-corrected chi connectivity index (χ0v) is 18.0. The highest BCUT2D eigenvalue weighted by atomic mass is 16.5. The molecule has 0 bridgehead atoms. The van der Waals surface area contributed by atoms with Crippen molar-refractivity contribution in [1.29, 1.82) is 0 Å². The second-order valence-electron chi connectivity index (χ2n) is 7.98. The average molecular weight is 405 g/mol. The van der Waals surface area contributed by atoms with Crippen LogP contribution in [0.3, 0.4) is 0 Å². The van der Waals surface area contributed by atoms with Crippen LogP contribution >= 0.6 is 0 Å². The first-order valence-corrected chi connectivity index (χ1v) is 10.3. The van der Waals surface area contributed by atoms with E-state index >= 15 is 0 Å². The number of methoxy groups -OCH3 is 4. The Morgan fingerprint density at radius 2 is 1.43 bits per heavy atom. The van der Waals surface area contributed by atoms with Gasteiger partial charge in [0.2, 0.25) is 0 Å². The van der Waals surface area contributed by atoms with Gasteiger partial charge >= 0.3 is 0 Å². The van der Waals surface area contributed by atoms with Crippen molar-refractivity contribution in [3.8, 4) is 23.0 Å². The van der Waals surface area contributed by atoms with E-state index in [0.29, 0.717) is 6.04 Å². The molecule has 5 rings (SSSR count). The van der Waals surface area contributed by atoms with Crippen LogP contribution in [-0.4, -0.2) is 39.9 Å². The van der Waals surface area contributed by atoms with Crippen LogP contribution in [-0.2, 0) is 19.4 Å². The van der Waals surface area contributed by atoms with E-state index in [1.54, 1.807) is 28.4 Å². The van der Waals surface area contributed by atoms with E-state index in [9.17, 15) is 0 Å². The fraction of sp³-hybridized carbons (Fsp3) is 0.360. The van der Waals surface area contributed by atoms with E-state index < -0.39 is 0 Å². The summed E-state index contributed by atoms with van der Waals surface area (Å²) < 4.78 is 22.2. The predicted molar refractivity (Wildman–Crippen MR) is 117 cm³/mol. The van der Waals surface area contributed by atoms with E-state index in [4.69, 9.17) is 18.9 Å². The molecule has 0 saturated heterocycles. The van der Waals surface area contributed by atoms with Crippen LogP contribution in [0.5, 0.6) is 23.0 Å². The quantitative estimate of drug-likeness (QED) is 0.638.